The Balaban J connectivity index is 1.47. The van der Waals surface area contributed by atoms with E-state index in [-0.39, 0.29) is 0 Å². The molecule has 3 rings (SSSR count). The van der Waals surface area contributed by atoms with Crippen molar-refractivity contribution in [2.75, 3.05) is 30.7 Å². The Kier molecular flexibility index (Phi) is 3.41. The zero-order valence-corrected chi connectivity index (χ0v) is 10.9. The number of piperidine rings is 1. The Morgan fingerprint density at radius 3 is 2.61 bits per heavy atom. The second-order valence-corrected chi connectivity index (χ2v) is 5.79. The van der Waals surface area contributed by atoms with Crippen LogP contribution in [-0.4, -0.2) is 30.6 Å². The van der Waals surface area contributed by atoms with Crippen molar-refractivity contribution in [2.45, 2.75) is 31.7 Å². The van der Waals surface area contributed by atoms with Gasteiger partial charge in [-0.2, -0.15) is 0 Å². The van der Waals surface area contributed by atoms with E-state index in [2.05, 4.69) is 16.3 Å². The first kappa shape index (κ1) is 11.8. The van der Waals surface area contributed by atoms with E-state index in [0.717, 1.165) is 17.3 Å². The van der Waals surface area contributed by atoms with Gasteiger partial charge in [-0.1, -0.05) is 6.07 Å². The summed E-state index contributed by atoms with van der Waals surface area (Å²) in [5, 5.41) is 3.60. The van der Waals surface area contributed by atoms with Crippen LogP contribution in [0.3, 0.4) is 0 Å². The lowest BCUT2D eigenvalue weighted by molar-refractivity contribution is 0.211. The van der Waals surface area contributed by atoms with Crippen molar-refractivity contribution in [3.8, 4) is 0 Å². The number of hydrogen-bond donors (Lipinski definition) is 2. The summed E-state index contributed by atoms with van der Waals surface area (Å²) < 4.78 is 0. The van der Waals surface area contributed by atoms with Gasteiger partial charge in [-0.05, 0) is 49.8 Å². The second-order valence-electron chi connectivity index (χ2n) is 5.79. The number of likely N-dealkylation sites (tertiary alicyclic amines) is 1. The van der Waals surface area contributed by atoms with Crippen LogP contribution in [0.4, 0.5) is 11.4 Å². The first-order valence-corrected chi connectivity index (χ1v) is 7.14. The molecular weight excluding hydrogens is 222 g/mol. The molecule has 1 heterocycles. The SMILES string of the molecule is Nc1cccc(NC2CCN(CC3CC3)CC2)c1. The highest BCUT2D eigenvalue weighted by Gasteiger charge is 2.26. The van der Waals surface area contributed by atoms with Crippen LogP contribution in [0.2, 0.25) is 0 Å². The summed E-state index contributed by atoms with van der Waals surface area (Å²) in [4.78, 5) is 2.63. The summed E-state index contributed by atoms with van der Waals surface area (Å²) in [6, 6.07) is 8.69. The maximum atomic E-state index is 5.80. The molecule has 3 heteroatoms. The normalized spacial score (nSPS) is 22.0. The fourth-order valence-electron chi connectivity index (χ4n) is 2.79. The predicted octanol–water partition coefficient (Wildman–Crippen LogP) is 2.56. The monoisotopic (exact) mass is 245 g/mol. The van der Waals surface area contributed by atoms with Crippen molar-refractivity contribution in [2.24, 2.45) is 5.92 Å². The van der Waals surface area contributed by atoms with Crippen LogP contribution < -0.4 is 11.1 Å². The average Bonchev–Trinajstić information content (AvgIpc) is 3.16. The topological polar surface area (TPSA) is 41.3 Å². The van der Waals surface area contributed by atoms with E-state index in [4.69, 9.17) is 5.73 Å². The van der Waals surface area contributed by atoms with Crippen LogP contribution >= 0.6 is 0 Å². The molecule has 0 aromatic heterocycles. The number of benzene rings is 1. The van der Waals surface area contributed by atoms with E-state index in [1.165, 1.54) is 45.3 Å². The van der Waals surface area contributed by atoms with Gasteiger partial charge in [-0.15, -0.1) is 0 Å². The van der Waals surface area contributed by atoms with E-state index in [1.54, 1.807) is 0 Å². The van der Waals surface area contributed by atoms with Crippen LogP contribution in [0.1, 0.15) is 25.7 Å². The Labute approximate surface area is 109 Å². The largest absolute Gasteiger partial charge is 0.399 e. The van der Waals surface area contributed by atoms with E-state index < -0.39 is 0 Å². The molecule has 1 saturated heterocycles. The molecule has 3 N–H and O–H groups in total. The number of nitrogens with two attached hydrogens (primary N) is 1. The predicted molar refractivity (Wildman–Crippen MR) is 76.7 cm³/mol. The molecule has 1 aromatic rings. The van der Waals surface area contributed by atoms with Gasteiger partial charge < -0.3 is 16.0 Å². The average molecular weight is 245 g/mol. The minimum atomic E-state index is 0.613. The number of nitrogens with zero attached hydrogens (tertiary/aromatic N) is 1. The highest BCUT2D eigenvalue weighted by molar-refractivity contribution is 5.54. The third-order valence-electron chi connectivity index (χ3n) is 4.06. The summed E-state index contributed by atoms with van der Waals surface area (Å²) in [6.45, 7) is 3.83. The van der Waals surface area contributed by atoms with Crippen LogP contribution in [0, 0.1) is 5.92 Å². The molecule has 0 amide bonds. The van der Waals surface area contributed by atoms with Gasteiger partial charge in [-0.25, -0.2) is 0 Å². The molecule has 1 aromatic carbocycles. The fraction of sp³-hybridized carbons (Fsp3) is 0.600. The van der Waals surface area contributed by atoms with E-state index in [9.17, 15) is 0 Å². The first-order chi connectivity index (χ1) is 8.79. The molecule has 1 aliphatic carbocycles. The minimum Gasteiger partial charge on any atom is -0.399 e. The van der Waals surface area contributed by atoms with Crippen LogP contribution in [0.15, 0.2) is 24.3 Å². The molecule has 0 spiro atoms. The van der Waals surface area contributed by atoms with E-state index >= 15 is 0 Å². The third-order valence-corrected chi connectivity index (χ3v) is 4.06. The van der Waals surface area contributed by atoms with Crippen LogP contribution in [-0.2, 0) is 0 Å². The number of hydrogen-bond acceptors (Lipinski definition) is 3. The quantitative estimate of drug-likeness (QED) is 0.801. The molecule has 98 valence electrons. The molecule has 3 nitrogen and oxygen atoms in total. The molecular formula is C15H23N3. The highest BCUT2D eigenvalue weighted by Crippen LogP contribution is 2.30. The molecule has 2 aliphatic rings. The van der Waals surface area contributed by atoms with E-state index in [0.29, 0.717) is 6.04 Å². The molecule has 0 bridgehead atoms. The van der Waals surface area contributed by atoms with Gasteiger partial charge in [0, 0.05) is 37.1 Å². The summed E-state index contributed by atoms with van der Waals surface area (Å²) in [5.41, 5.74) is 7.80. The van der Waals surface area contributed by atoms with Crippen LogP contribution in [0.5, 0.6) is 0 Å². The van der Waals surface area contributed by atoms with Crippen molar-refractivity contribution in [1.82, 2.24) is 4.90 Å². The first-order valence-electron chi connectivity index (χ1n) is 7.14. The summed E-state index contributed by atoms with van der Waals surface area (Å²) >= 11 is 0. The maximum Gasteiger partial charge on any atom is 0.0362 e. The van der Waals surface area contributed by atoms with Gasteiger partial charge in [0.25, 0.3) is 0 Å². The zero-order chi connectivity index (χ0) is 12.4. The van der Waals surface area contributed by atoms with Crippen molar-refractivity contribution >= 4 is 11.4 Å². The zero-order valence-electron chi connectivity index (χ0n) is 10.9. The van der Waals surface area contributed by atoms with Crippen molar-refractivity contribution in [1.29, 1.82) is 0 Å². The molecule has 1 saturated carbocycles. The molecule has 1 aliphatic heterocycles. The summed E-state index contributed by atoms with van der Waals surface area (Å²) in [5.74, 6) is 1.02. The van der Waals surface area contributed by atoms with Crippen molar-refractivity contribution in [3.63, 3.8) is 0 Å². The lowest BCUT2D eigenvalue weighted by Crippen LogP contribution is -2.40. The lowest BCUT2D eigenvalue weighted by Gasteiger charge is -2.32. The van der Waals surface area contributed by atoms with E-state index in [1.807, 2.05) is 18.2 Å². The van der Waals surface area contributed by atoms with Gasteiger partial charge in [-0.3, -0.25) is 0 Å². The van der Waals surface area contributed by atoms with Gasteiger partial charge >= 0.3 is 0 Å². The van der Waals surface area contributed by atoms with Crippen molar-refractivity contribution in [3.05, 3.63) is 24.3 Å². The molecule has 0 radical (unpaired) electrons. The Bertz CT molecular complexity index is 392. The Hall–Kier alpha value is -1.22. The lowest BCUT2D eigenvalue weighted by atomic mass is 10.0. The number of nitrogen functional groups attached to an aromatic ring is 1. The van der Waals surface area contributed by atoms with Crippen LogP contribution in [0.25, 0.3) is 0 Å². The number of anilines is 2. The standard InChI is InChI=1S/C15H23N3/c16-13-2-1-3-15(10-13)17-14-6-8-18(9-7-14)11-12-4-5-12/h1-3,10,12,14,17H,4-9,11,16H2. The smallest absolute Gasteiger partial charge is 0.0362 e. The molecule has 0 atom stereocenters. The Morgan fingerprint density at radius 2 is 1.94 bits per heavy atom. The van der Waals surface area contributed by atoms with Crippen molar-refractivity contribution < 1.29 is 0 Å². The Morgan fingerprint density at radius 1 is 1.17 bits per heavy atom. The molecule has 18 heavy (non-hydrogen) atoms. The van der Waals surface area contributed by atoms with Gasteiger partial charge in [0.2, 0.25) is 0 Å². The summed E-state index contributed by atoms with van der Waals surface area (Å²) in [6.07, 6.45) is 5.42. The highest BCUT2D eigenvalue weighted by atomic mass is 15.1. The number of rotatable bonds is 4. The fourth-order valence-corrected chi connectivity index (χ4v) is 2.79. The van der Waals surface area contributed by atoms with Gasteiger partial charge in [0.1, 0.15) is 0 Å². The maximum absolute atomic E-state index is 5.80. The molecule has 2 fully saturated rings. The number of nitrogens with one attached hydrogen (secondary N) is 1. The van der Waals surface area contributed by atoms with Gasteiger partial charge in [0.05, 0.1) is 0 Å². The van der Waals surface area contributed by atoms with Gasteiger partial charge in [0.15, 0.2) is 0 Å². The third kappa shape index (κ3) is 3.16. The summed E-state index contributed by atoms with van der Waals surface area (Å²) in [7, 11) is 0. The molecule has 0 unspecified atom stereocenters. The minimum absolute atomic E-state index is 0.613. The second kappa shape index (κ2) is 5.19.